The number of aromatic nitrogens is 2. The zero-order valence-electron chi connectivity index (χ0n) is 17.7. The number of hydrogen-bond donors (Lipinski definition) is 0. The summed E-state index contributed by atoms with van der Waals surface area (Å²) in [6.07, 6.45) is 3.68. The number of benzene rings is 2. The fourth-order valence-corrected chi connectivity index (χ4v) is 3.92. The summed E-state index contributed by atoms with van der Waals surface area (Å²) in [7, 11) is 1.71. The van der Waals surface area contributed by atoms with Crippen LogP contribution in [0.15, 0.2) is 59.7 Å². The molecule has 1 aliphatic heterocycles. The predicted octanol–water partition coefficient (Wildman–Crippen LogP) is 2.91. The largest absolute Gasteiger partial charge is 0.494 e. The fraction of sp³-hybridized carbons (Fsp3) is 0.417. The van der Waals surface area contributed by atoms with E-state index in [4.69, 9.17) is 4.74 Å². The van der Waals surface area contributed by atoms with Gasteiger partial charge in [-0.3, -0.25) is 9.69 Å². The van der Waals surface area contributed by atoms with E-state index in [9.17, 15) is 4.79 Å². The molecular weight excluding hydrogens is 376 g/mol. The molecular formula is C24H30N4O2. The number of aryl methyl sites for hydroxylation is 1. The van der Waals surface area contributed by atoms with Crippen molar-refractivity contribution in [3.8, 4) is 5.75 Å². The number of rotatable bonds is 8. The molecule has 1 aromatic heterocycles. The van der Waals surface area contributed by atoms with Gasteiger partial charge in [0.05, 0.1) is 23.8 Å². The zero-order valence-corrected chi connectivity index (χ0v) is 17.7. The van der Waals surface area contributed by atoms with E-state index in [1.807, 2.05) is 12.1 Å². The smallest absolute Gasteiger partial charge is 0.261 e. The van der Waals surface area contributed by atoms with Crippen LogP contribution >= 0.6 is 0 Å². The summed E-state index contributed by atoms with van der Waals surface area (Å²) in [6.45, 7) is 7.36. The van der Waals surface area contributed by atoms with E-state index in [1.165, 1.54) is 10.1 Å². The second kappa shape index (κ2) is 9.87. The van der Waals surface area contributed by atoms with Crippen LogP contribution in [0.4, 0.5) is 0 Å². The molecule has 0 bridgehead atoms. The molecule has 0 unspecified atom stereocenters. The molecule has 6 heteroatoms. The maximum atomic E-state index is 12.2. The van der Waals surface area contributed by atoms with Crippen LogP contribution in [0.2, 0.25) is 0 Å². The van der Waals surface area contributed by atoms with Crippen molar-refractivity contribution in [2.24, 2.45) is 7.05 Å². The Morgan fingerprint density at radius 2 is 1.73 bits per heavy atom. The highest BCUT2D eigenvalue weighted by Gasteiger charge is 2.16. The lowest BCUT2D eigenvalue weighted by molar-refractivity contribution is 0.124. The number of hydrogen-bond acceptors (Lipinski definition) is 5. The molecule has 1 aliphatic rings. The molecule has 1 saturated heterocycles. The molecule has 0 spiro atoms. The summed E-state index contributed by atoms with van der Waals surface area (Å²) in [5, 5.41) is 0.603. The van der Waals surface area contributed by atoms with Gasteiger partial charge in [0, 0.05) is 39.8 Å². The van der Waals surface area contributed by atoms with Crippen LogP contribution in [0, 0.1) is 0 Å². The van der Waals surface area contributed by atoms with Gasteiger partial charge in [0.25, 0.3) is 5.56 Å². The van der Waals surface area contributed by atoms with Crippen LogP contribution in [-0.2, 0) is 13.6 Å². The first-order valence-corrected chi connectivity index (χ1v) is 10.8. The average Bonchev–Trinajstić information content (AvgIpc) is 2.78. The van der Waals surface area contributed by atoms with E-state index in [0.29, 0.717) is 17.5 Å². The van der Waals surface area contributed by atoms with Gasteiger partial charge in [0.1, 0.15) is 5.75 Å². The van der Waals surface area contributed by atoms with Gasteiger partial charge in [0.15, 0.2) is 0 Å². The third-order valence-corrected chi connectivity index (χ3v) is 5.74. The van der Waals surface area contributed by atoms with Crippen LogP contribution in [-0.4, -0.2) is 58.7 Å². The van der Waals surface area contributed by atoms with Crippen molar-refractivity contribution in [3.05, 3.63) is 70.8 Å². The Kier molecular flexibility index (Phi) is 6.77. The Labute approximate surface area is 177 Å². The lowest BCUT2D eigenvalue weighted by atomic mass is 10.2. The highest BCUT2D eigenvalue weighted by Crippen LogP contribution is 2.17. The minimum atomic E-state index is -0.0446. The Hall–Kier alpha value is -2.70. The molecule has 1 fully saturated rings. The second-order valence-corrected chi connectivity index (χ2v) is 8.00. The van der Waals surface area contributed by atoms with Crippen LogP contribution in [0.1, 0.15) is 18.4 Å². The van der Waals surface area contributed by atoms with E-state index in [0.717, 1.165) is 57.9 Å². The molecule has 0 atom stereocenters. The van der Waals surface area contributed by atoms with Crippen molar-refractivity contribution in [2.45, 2.75) is 19.4 Å². The quantitative estimate of drug-likeness (QED) is 0.539. The molecule has 2 heterocycles. The minimum absolute atomic E-state index is 0.0446. The van der Waals surface area contributed by atoms with Crippen molar-refractivity contribution in [2.75, 3.05) is 39.3 Å². The first-order chi connectivity index (χ1) is 14.7. The first-order valence-electron chi connectivity index (χ1n) is 10.8. The molecule has 4 rings (SSSR count). The lowest BCUT2D eigenvalue weighted by Crippen LogP contribution is -2.46. The molecule has 0 amide bonds. The van der Waals surface area contributed by atoms with Gasteiger partial charge in [-0.15, -0.1) is 0 Å². The topological polar surface area (TPSA) is 50.6 Å². The van der Waals surface area contributed by atoms with E-state index >= 15 is 0 Å². The van der Waals surface area contributed by atoms with Gasteiger partial charge in [0.2, 0.25) is 0 Å². The molecule has 3 aromatic rings. The SMILES string of the molecule is Cn1cnc2ccc(OCCCCN3CCN(Cc4ccccc4)CC3)cc2c1=O. The molecule has 6 nitrogen and oxygen atoms in total. The number of fused-ring (bicyclic) bond motifs is 1. The minimum Gasteiger partial charge on any atom is -0.494 e. The standard InChI is InChI=1S/C24H30N4O2/c1-26-19-25-23-10-9-21(17-22(23)24(26)29)30-16-6-5-11-27-12-14-28(15-13-27)18-20-7-3-2-4-8-20/h2-4,7-10,17,19H,5-6,11-16,18H2,1H3. The van der Waals surface area contributed by atoms with Crippen LogP contribution in [0.5, 0.6) is 5.75 Å². The number of unbranched alkanes of at least 4 members (excludes halogenated alkanes) is 1. The Balaban J connectivity index is 1.15. The Morgan fingerprint density at radius 3 is 2.53 bits per heavy atom. The monoisotopic (exact) mass is 406 g/mol. The fourth-order valence-electron chi connectivity index (χ4n) is 3.92. The molecule has 0 aliphatic carbocycles. The van der Waals surface area contributed by atoms with Crippen LogP contribution in [0.3, 0.4) is 0 Å². The third-order valence-electron chi connectivity index (χ3n) is 5.74. The predicted molar refractivity (Wildman–Crippen MR) is 120 cm³/mol. The van der Waals surface area contributed by atoms with Gasteiger partial charge in [-0.1, -0.05) is 30.3 Å². The molecule has 0 saturated carbocycles. The van der Waals surface area contributed by atoms with Crippen molar-refractivity contribution >= 4 is 10.9 Å². The number of nitrogens with zero attached hydrogens (tertiary/aromatic N) is 4. The highest BCUT2D eigenvalue weighted by molar-refractivity contribution is 5.78. The average molecular weight is 407 g/mol. The van der Waals surface area contributed by atoms with Gasteiger partial charge in [-0.25, -0.2) is 4.98 Å². The highest BCUT2D eigenvalue weighted by atomic mass is 16.5. The van der Waals surface area contributed by atoms with Gasteiger partial charge in [-0.2, -0.15) is 0 Å². The zero-order chi connectivity index (χ0) is 20.8. The number of ether oxygens (including phenoxy) is 1. The van der Waals surface area contributed by atoms with E-state index in [1.54, 1.807) is 19.4 Å². The first kappa shape index (κ1) is 20.6. The Morgan fingerprint density at radius 1 is 0.967 bits per heavy atom. The molecule has 0 N–H and O–H groups in total. The number of piperazine rings is 1. The summed E-state index contributed by atoms with van der Waals surface area (Å²) in [6, 6.07) is 16.2. The van der Waals surface area contributed by atoms with Crippen LogP contribution < -0.4 is 10.3 Å². The van der Waals surface area contributed by atoms with Crippen molar-refractivity contribution in [1.82, 2.24) is 19.4 Å². The normalized spacial score (nSPS) is 15.5. The summed E-state index contributed by atoms with van der Waals surface area (Å²) in [4.78, 5) is 21.6. The van der Waals surface area contributed by atoms with Crippen molar-refractivity contribution in [1.29, 1.82) is 0 Å². The lowest BCUT2D eigenvalue weighted by Gasteiger charge is -2.34. The van der Waals surface area contributed by atoms with E-state index in [-0.39, 0.29) is 5.56 Å². The van der Waals surface area contributed by atoms with E-state index in [2.05, 4.69) is 45.1 Å². The summed E-state index contributed by atoms with van der Waals surface area (Å²) >= 11 is 0. The van der Waals surface area contributed by atoms with Gasteiger partial charge in [-0.05, 0) is 43.1 Å². The van der Waals surface area contributed by atoms with Gasteiger partial charge < -0.3 is 14.2 Å². The Bertz CT molecular complexity index is 1010. The molecule has 158 valence electrons. The van der Waals surface area contributed by atoms with Crippen molar-refractivity contribution in [3.63, 3.8) is 0 Å². The molecule has 0 radical (unpaired) electrons. The maximum absolute atomic E-state index is 12.2. The second-order valence-electron chi connectivity index (χ2n) is 8.00. The van der Waals surface area contributed by atoms with Gasteiger partial charge >= 0.3 is 0 Å². The summed E-state index contributed by atoms with van der Waals surface area (Å²) < 4.78 is 7.37. The van der Waals surface area contributed by atoms with Crippen LogP contribution in [0.25, 0.3) is 10.9 Å². The molecule has 2 aromatic carbocycles. The summed E-state index contributed by atoms with van der Waals surface area (Å²) in [5.41, 5.74) is 2.05. The maximum Gasteiger partial charge on any atom is 0.261 e. The van der Waals surface area contributed by atoms with E-state index < -0.39 is 0 Å². The molecule has 30 heavy (non-hydrogen) atoms. The third kappa shape index (κ3) is 5.26. The summed E-state index contributed by atoms with van der Waals surface area (Å²) in [5.74, 6) is 0.738. The van der Waals surface area contributed by atoms with Crippen molar-refractivity contribution < 1.29 is 4.74 Å².